The third-order valence-electron chi connectivity index (χ3n) is 8.21. The van der Waals surface area contributed by atoms with Crippen molar-refractivity contribution in [2.75, 3.05) is 11.9 Å². The summed E-state index contributed by atoms with van der Waals surface area (Å²) in [5.74, 6) is -3.13. The molecule has 13 nitrogen and oxygen atoms in total. The summed E-state index contributed by atoms with van der Waals surface area (Å²) >= 11 is 6.26. The van der Waals surface area contributed by atoms with Gasteiger partial charge in [-0.15, -0.1) is 5.10 Å². The molecular weight excluding hydrogens is 705 g/mol. The molecule has 6 rings (SSSR count). The molecule has 51 heavy (non-hydrogen) atoms. The maximum atomic E-state index is 13.8. The van der Waals surface area contributed by atoms with Crippen LogP contribution in [-0.2, 0) is 20.9 Å². The number of ether oxygens (including phenoxy) is 1. The average Bonchev–Trinajstić information content (AvgIpc) is 3.74. The molecule has 5 aromatic rings. The van der Waals surface area contributed by atoms with Gasteiger partial charge in [0.2, 0.25) is 5.91 Å². The molecule has 2 bridgehead atoms. The Kier molecular flexibility index (Phi) is 9.95. The van der Waals surface area contributed by atoms with Crippen LogP contribution in [0.15, 0.2) is 66.1 Å². The van der Waals surface area contributed by atoms with E-state index in [-0.39, 0.29) is 23.8 Å². The number of carbonyl (C=O) groups excluding carboxylic acids is 2. The van der Waals surface area contributed by atoms with E-state index in [2.05, 4.69) is 35.4 Å². The summed E-state index contributed by atoms with van der Waals surface area (Å²) < 4.78 is 72.7. The standard InChI is InChI=1S/C32H27ClF5N9O4/c1-17-3-2-4-26(45-16-40-21(13-27(45)48)20-12-19(33)5-6-25(20)47-15-24(29(34)35)43-44-47)22-11-18(7-8-39-22)28-23(42-30(17)49)14-41-46(28)9-10-51-31(50)32(36,37)38/h5-8,11-17,26,29H,2-4,9-10H2,1H3,(H,42,49)/t17-,26+/m1/s1. The molecular formula is C32H27ClF5N9O4. The normalized spacial score (nSPS) is 16.6. The zero-order valence-corrected chi connectivity index (χ0v) is 27.3. The number of aromatic nitrogens is 8. The summed E-state index contributed by atoms with van der Waals surface area (Å²) in [6.45, 7) is 0.820. The van der Waals surface area contributed by atoms with Crippen molar-refractivity contribution in [1.82, 2.24) is 39.3 Å². The molecule has 266 valence electrons. The molecule has 0 aliphatic carbocycles. The van der Waals surface area contributed by atoms with E-state index in [1.165, 1.54) is 52.2 Å². The van der Waals surface area contributed by atoms with Crippen LogP contribution in [-0.4, -0.2) is 64.0 Å². The SMILES string of the molecule is C[C@@H]1CCC[C@H](n2cnc(-c3cc(Cl)ccc3-n3cc(C(F)F)nn3)cc2=O)c2cc(ccn2)-c2c(cnn2CCOC(=O)C(F)(F)F)NC1=O. The van der Waals surface area contributed by atoms with E-state index in [0.717, 1.165) is 10.9 Å². The first-order valence-electron chi connectivity index (χ1n) is 15.5. The van der Waals surface area contributed by atoms with Gasteiger partial charge < -0.3 is 10.1 Å². The highest BCUT2D eigenvalue weighted by Gasteiger charge is 2.41. The molecule has 0 fully saturated rings. The number of halogens is 6. The fraction of sp³-hybridized carbons (Fsp3) is 0.312. The molecule has 1 amide bonds. The second-order valence-corrected chi connectivity index (χ2v) is 12.1. The zero-order valence-electron chi connectivity index (χ0n) is 26.5. The van der Waals surface area contributed by atoms with Crippen molar-refractivity contribution in [2.45, 2.75) is 51.4 Å². The predicted molar refractivity (Wildman–Crippen MR) is 171 cm³/mol. The van der Waals surface area contributed by atoms with Gasteiger partial charge in [0.25, 0.3) is 12.0 Å². The minimum atomic E-state index is -5.16. The summed E-state index contributed by atoms with van der Waals surface area (Å²) in [6.07, 6.45) is -1.47. The van der Waals surface area contributed by atoms with Crippen molar-refractivity contribution in [1.29, 1.82) is 0 Å². The number of anilines is 1. The first-order valence-corrected chi connectivity index (χ1v) is 15.8. The highest BCUT2D eigenvalue weighted by molar-refractivity contribution is 6.31. The third kappa shape index (κ3) is 7.64. The molecule has 4 aromatic heterocycles. The molecule has 19 heteroatoms. The predicted octanol–water partition coefficient (Wildman–Crippen LogP) is 5.79. The van der Waals surface area contributed by atoms with E-state index in [9.17, 15) is 36.3 Å². The molecule has 1 aromatic carbocycles. The van der Waals surface area contributed by atoms with Gasteiger partial charge >= 0.3 is 12.1 Å². The van der Waals surface area contributed by atoms with E-state index >= 15 is 0 Å². The number of fused-ring (bicyclic) bond motifs is 4. The zero-order chi connectivity index (χ0) is 36.4. The summed E-state index contributed by atoms with van der Waals surface area (Å²) in [6, 6.07) is 8.45. The highest BCUT2D eigenvalue weighted by atomic mass is 35.5. The van der Waals surface area contributed by atoms with E-state index < -0.39 is 48.4 Å². The van der Waals surface area contributed by atoms with Gasteiger partial charge in [0.1, 0.15) is 12.3 Å². The molecule has 5 heterocycles. The lowest BCUT2D eigenvalue weighted by Crippen LogP contribution is -2.27. The highest BCUT2D eigenvalue weighted by Crippen LogP contribution is 2.34. The summed E-state index contributed by atoms with van der Waals surface area (Å²) in [7, 11) is 0. The van der Waals surface area contributed by atoms with Gasteiger partial charge in [0, 0.05) is 34.3 Å². The number of alkyl halides is 5. The fourth-order valence-electron chi connectivity index (χ4n) is 5.67. The number of amides is 1. The van der Waals surface area contributed by atoms with Crippen molar-refractivity contribution >= 4 is 29.2 Å². The topological polar surface area (TPSA) is 152 Å². The van der Waals surface area contributed by atoms with Crippen molar-refractivity contribution in [3.8, 4) is 28.2 Å². The smallest absolute Gasteiger partial charge is 0.457 e. The van der Waals surface area contributed by atoms with Crippen molar-refractivity contribution in [3.05, 3.63) is 88.1 Å². The maximum absolute atomic E-state index is 13.8. The van der Waals surface area contributed by atoms with Crippen LogP contribution in [0.3, 0.4) is 0 Å². The number of rotatable bonds is 7. The first kappa shape index (κ1) is 35.3. The molecule has 0 saturated heterocycles. The van der Waals surface area contributed by atoms with Crippen LogP contribution in [0.2, 0.25) is 5.02 Å². The second-order valence-electron chi connectivity index (χ2n) is 11.6. The second kappa shape index (κ2) is 14.4. The van der Waals surface area contributed by atoms with Crippen molar-refractivity contribution < 1.29 is 36.3 Å². The number of benzene rings is 1. The van der Waals surface area contributed by atoms with Crippen molar-refractivity contribution in [2.24, 2.45) is 5.92 Å². The van der Waals surface area contributed by atoms with Crippen LogP contribution in [0.1, 0.15) is 50.0 Å². The molecule has 0 saturated carbocycles. The van der Waals surface area contributed by atoms with Gasteiger partial charge in [-0.1, -0.05) is 30.2 Å². The molecule has 0 radical (unpaired) electrons. The summed E-state index contributed by atoms with van der Waals surface area (Å²) in [4.78, 5) is 47.3. The maximum Gasteiger partial charge on any atom is 0.490 e. The van der Waals surface area contributed by atoms with E-state index in [0.29, 0.717) is 52.5 Å². The van der Waals surface area contributed by atoms with Crippen LogP contribution in [0.25, 0.3) is 28.2 Å². The number of hydrogen-bond acceptors (Lipinski definition) is 9. The van der Waals surface area contributed by atoms with Crippen LogP contribution < -0.4 is 10.9 Å². The Morgan fingerprint density at radius 1 is 1.12 bits per heavy atom. The Morgan fingerprint density at radius 2 is 1.92 bits per heavy atom. The van der Waals surface area contributed by atoms with Crippen LogP contribution in [0.5, 0.6) is 0 Å². The molecule has 2 atom stereocenters. The van der Waals surface area contributed by atoms with Crippen LogP contribution in [0, 0.1) is 5.92 Å². The average molecular weight is 732 g/mol. The minimum Gasteiger partial charge on any atom is -0.457 e. The molecule has 0 spiro atoms. The monoisotopic (exact) mass is 731 g/mol. The Bertz CT molecular complexity index is 2150. The quantitative estimate of drug-likeness (QED) is 0.162. The first-order chi connectivity index (χ1) is 24.3. The summed E-state index contributed by atoms with van der Waals surface area (Å²) in [5.41, 5.74) is 1.29. The van der Waals surface area contributed by atoms with Gasteiger partial charge in [-0.3, -0.25) is 23.8 Å². The van der Waals surface area contributed by atoms with Crippen molar-refractivity contribution in [3.63, 3.8) is 0 Å². The number of carbonyl (C=O) groups is 2. The van der Waals surface area contributed by atoms with Gasteiger partial charge in [-0.25, -0.2) is 23.2 Å². The van der Waals surface area contributed by atoms with Gasteiger partial charge in [0.05, 0.1) is 59.8 Å². The van der Waals surface area contributed by atoms with Gasteiger partial charge in [-0.05, 0) is 43.2 Å². The number of esters is 1. The number of nitrogens with one attached hydrogen (secondary N) is 1. The Morgan fingerprint density at radius 3 is 2.65 bits per heavy atom. The Hall–Kier alpha value is -5.52. The lowest BCUT2D eigenvalue weighted by molar-refractivity contribution is -0.199. The third-order valence-corrected chi connectivity index (χ3v) is 8.45. The van der Waals surface area contributed by atoms with Crippen LogP contribution in [0.4, 0.5) is 27.6 Å². The largest absolute Gasteiger partial charge is 0.490 e. The van der Waals surface area contributed by atoms with E-state index in [1.807, 2.05) is 0 Å². The lowest BCUT2D eigenvalue weighted by Gasteiger charge is -2.22. The molecule has 1 N–H and O–H groups in total. The van der Waals surface area contributed by atoms with E-state index in [1.54, 1.807) is 19.1 Å². The number of hydrogen-bond donors (Lipinski definition) is 1. The molecule has 1 aliphatic rings. The summed E-state index contributed by atoms with van der Waals surface area (Å²) in [5, 5.41) is 14.6. The molecule has 1 aliphatic heterocycles. The lowest BCUT2D eigenvalue weighted by atomic mass is 9.97. The minimum absolute atomic E-state index is 0.183. The number of pyridine rings is 1. The molecule has 0 unspecified atom stereocenters. The Balaban J connectivity index is 1.38. The Labute approximate surface area is 290 Å². The number of nitrogens with zero attached hydrogens (tertiary/aromatic N) is 8. The fourth-order valence-corrected chi connectivity index (χ4v) is 5.84. The van der Waals surface area contributed by atoms with E-state index in [4.69, 9.17) is 11.6 Å². The van der Waals surface area contributed by atoms with Gasteiger partial charge in [0.15, 0.2) is 0 Å². The van der Waals surface area contributed by atoms with Crippen LogP contribution >= 0.6 is 11.6 Å². The van der Waals surface area contributed by atoms with Gasteiger partial charge in [-0.2, -0.15) is 18.3 Å².